The van der Waals surface area contributed by atoms with Crippen LogP contribution in [-0.2, 0) is 4.79 Å². The van der Waals surface area contributed by atoms with Crippen LogP contribution >= 0.6 is 15.9 Å². The highest BCUT2D eigenvalue weighted by Crippen LogP contribution is 2.18. The second-order valence-electron chi connectivity index (χ2n) is 4.43. The first-order chi connectivity index (χ1) is 7.91. The fraction of sp³-hybridized carbons (Fsp3) is 0.462. The van der Waals surface area contributed by atoms with Crippen LogP contribution in [0.5, 0.6) is 0 Å². The van der Waals surface area contributed by atoms with Crippen LogP contribution in [0.3, 0.4) is 0 Å². The van der Waals surface area contributed by atoms with E-state index in [4.69, 9.17) is 5.73 Å². The normalized spacial score (nSPS) is 16.1. The third kappa shape index (κ3) is 4.13. The topological polar surface area (TPSA) is 55.1 Å². The maximum atomic E-state index is 11.9. The van der Waals surface area contributed by atoms with Gasteiger partial charge in [0.15, 0.2) is 0 Å². The van der Waals surface area contributed by atoms with E-state index < -0.39 is 0 Å². The standard InChI is InChI=1S/C13H19BrN2O/c1-8(9(2)15)13(17)16-10(3)11-5-4-6-12(14)7-11/h4-10H,15H2,1-3H3,(H,16,17). The summed E-state index contributed by atoms with van der Waals surface area (Å²) in [4.78, 5) is 11.9. The van der Waals surface area contributed by atoms with Gasteiger partial charge < -0.3 is 11.1 Å². The maximum Gasteiger partial charge on any atom is 0.224 e. The van der Waals surface area contributed by atoms with E-state index in [1.165, 1.54) is 0 Å². The average molecular weight is 299 g/mol. The summed E-state index contributed by atoms with van der Waals surface area (Å²) in [7, 11) is 0. The molecule has 3 nitrogen and oxygen atoms in total. The Hall–Kier alpha value is -0.870. The van der Waals surface area contributed by atoms with Gasteiger partial charge in [0.1, 0.15) is 0 Å². The van der Waals surface area contributed by atoms with Crippen LogP contribution in [0.4, 0.5) is 0 Å². The highest BCUT2D eigenvalue weighted by atomic mass is 79.9. The monoisotopic (exact) mass is 298 g/mol. The molecule has 1 rings (SSSR count). The molecule has 3 atom stereocenters. The molecule has 0 aliphatic rings. The summed E-state index contributed by atoms with van der Waals surface area (Å²) >= 11 is 3.42. The minimum atomic E-state index is -0.176. The second-order valence-corrected chi connectivity index (χ2v) is 5.35. The number of carbonyl (C=O) groups excluding carboxylic acids is 1. The lowest BCUT2D eigenvalue weighted by Crippen LogP contribution is -2.39. The van der Waals surface area contributed by atoms with Crippen LogP contribution in [0.1, 0.15) is 32.4 Å². The summed E-state index contributed by atoms with van der Waals surface area (Å²) in [5.74, 6) is -0.183. The Morgan fingerprint density at radius 3 is 2.53 bits per heavy atom. The molecule has 1 amide bonds. The third-order valence-electron chi connectivity index (χ3n) is 2.91. The number of hydrogen-bond acceptors (Lipinski definition) is 2. The first-order valence-corrected chi connectivity index (χ1v) is 6.52. The van der Waals surface area contributed by atoms with Gasteiger partial charge in [-0.25, -0.2) is 0 Å². The van der Waals surface area contributed by atoms with Gasteiger partial charge in [-0.3, -0.25) is 4.79 Å². The molecule has 0 spiro atoms. The Balaban J connectivity index is 2.66. The van der Waals surface area contributed by atoms with Crippen molar-refractivity contribution in [3.63, 3.8) is 0 Å². The van der Waals surface area contributed by atoms with Gasteiger partial charge in [-0.1, -0.05) is 35.0 Å². The number of nitrogens with two attached hydrogens (primary N) is 1. The summed E-state index contributed by atoms with van der Waals surface area (Å²) < 4.78 is 1.01. The van der Waals surface area contributed by atoms with Crippen molar-refractivity contribution in [3.8, 4) is 0 Å². The number of rotatable bonds is 4. The molecule has 3 unspecified atom stereocenters. The van der Waals surface area contributed by atoms with Crippen molar-refractivity contribution in [3.05, 3.63) is 34.3 Å². The van der Waals surface area contributed by atoms with E-state index in [0.717, 1.165) is 10.0 Å². The molecule has 0 aliphatic heterocycles. The van der Waals surface area contributed by atoms with Crippen molar-refractivity contribution in [1.29, 1.82) is 0 Å². The van der Waals surface area contributed by atoms with E-state index in [1.807, 2.05) is 45.0 Å². The van der Waals surface area contributed by atoms with Crippen LogP contribution in [0, 0.1) is 5.92 Å². The van der Waals surface area contributed by atoms with Crippen LogP contribution < -0.4 is 11.1 Å². The molecular weight excluding hydrogens is 280 g/mol. The summed E-state index contributed by atoms with van der Waals surface area (Å²) in [6, 6.07) is 7.76. The molecule has 0 bridgehead atoms. The summed E-state index contributed by atoms with van der Waals surface area (Å²) in [6.45, 7) is 5.65. The predicted molar refractivity (Wildman–Crippen MR) is 73.5 cm³/mol. The number of halogens is 1. The fourth-order valence-corrected chi connectivity index (χ4v) is 1.86. The Bertz CT molecular complexity index is 393. The minimum Gasteiger partial charge on any atom is -0.349 e. The molecule has 0 heterocycles. The SMILES string of the molecule is CC(NC(=O)C(C)C(C)N)c1cccc(Br)c1. The van der Waals surface area contributed by atoms with Crippen molar-refractivity contribution in [2.75, 3.05) is 0 Å². The number of amides is 1. The van der Waals surface area contributed by atoms with Gasteiger partial charge in [-0.15, -0.1) is 0 Å². The first kappa shape index (κ1) is 14.2. The van der Waals surface area contributed by atoms with Gasteiger partial charge in [0, 0.05) is 16.4 Å². The lowest BCUT2D eigenvalue weighted by atomic mass is 10.0. The molecule has 1 aromatic carbocycles. The number of hydrogen-bond donors (Lipinski definition) is 2. The number of nitrogens with one attached hydrogen (secondary N) is 1. The molecule has 94 valence electrons. The van der Waals surface area contributed by atoms with Gasteiger partial charge in [-0.2, -0.15) is 0 Å². The largest absolute Gasteiger partial charge is 0.349 e. The van der Waals surface area contributed by atoms with Gasteiger partial charge in [-0.05, 0) is 31.5 Å². The predicted octanol–water partition coefficient (Wildman–Crippen LogP) is 2.61. The maximum absolute atomic E-state index is 11.9. The molecule has 4 heteroatoms. The van der Waals surface area contributed by atoms with E-state index in [0.29, 0.717) is 0 Å². The van der Waals surface area contributed by atoms with E-state index in [2.05, 4.69) is 21.2 Å². The zero-order valence-corrected chi connectivity index (χ0v) is 12.0. The molecule has 0 aromatic heterocycles. The molecule has 0 aliphatic carbocycles. The van der Waals surface area contributed by atoms with Crippen molar-refractivity contribution < 1.29 is 4.79 Å². The molecule has 3 N–H and O–H groups in total. The van der Waals surface area contributed by atoms with E-state index in [1.54, 1.807) is 0 Å². The fourth-order valence-electron chi connectivity index (χ4n) is 1.44. The van der Waals surface area contributed by atoms with E-state index in [-0.39, 0.29) is 23.9 Å². The molecule has 0 saturated carbocycles. The van der Waals surface area contributed by atoms with Crippen LogP contribution in [0.25, 0.3) is 0 Å². The zero-order valence-electron chi connectivity index (χ0n) is 10.4. The van der Waals surface area contributed by atoms with E-state index >= 15 is 0 Å². The third-order valence-corrected chi connectivity index (χ3v) is 3.40. The van der Waals surface area contributed by atoms with Crippen LogP contribution in [-0.4, -0.2) is 11.9 Å². The summed E-state index contributed by atoms with van der Waals surface area (Å²) in [5, 5.41) is 2.96. The molecule has 0 radical (unpaired) electrons. The molecule has 17 heavy (non-hydrogen) atoms. The lowest BCUT2D eigenvalue weighted by molar-refractivity contribution is -0.125. The smallest absolute Gasteiger partial charge is 0.224 e. The van der Waals surface area contributed by atoms with Crippen molar-refractivity contribution in [1.82, 2.24) is 5.32 Å². The highest BCUT2D eigenvalue weighted by molar-refractivity contribution is 9.10. The van der Waals surface area contributed by atoms with E-state index in [9.17, 15) is 4.79 Å². The number of carbonyl (C=O) groups is 1. The van der Waals surface area contributed by atoms with Crippen molar-refractivity contribution in [2.45, 2.75) is 32.9 Å². The van der Waals surface area contributed by atoms with Crippen LogP contribution in [0.2, 0.25) is 0 Å². The van der Waals surface area contributed by atoms with Gasteiger partial charge in [0.2, 0.25) is 5.91 Å². The Morgan fingerprint density at radius 2 is 2.00 bits per heavy atom. The Morgan fingerprint density at radius 1 is 1.35 bits per heavy atom. The van der Waals surface area contributed by atoms with Crippen molar-refractivity contribution in [2.24, 2.45) is 11.7 Å². The lowest BCUT2D eigenvalue weighted by Gasteiger charge is -2.20. The first-order valence-electron chi connectivity index (χ1n) is 5.73. The minimum absolute atomic E-state index is 0.00697. The highest BCUT2D eigenvalue weighted by Gasteiger charge is 2.19. The van der Waals surface area contributed by atoms with Gasteiger partial charge in [0.05, 0.1) is 6.04 Å². The summed E-state index contributed by atoms with van der Waals surface area (Å²) in [5.41, 5.74) is 6.78. The average Bonchev–Trinajstić information content (AvgIpc) is 2.27. The molecule has 1 aromatic rings. The Kier molecular flexibility index (Phi) is 5.15. The van der Waals surface area contributed by atoms with Gasteiger partial charge >= 0.3 is 0 Å². The second kappa shape index (κ2) is 6.17. The number of benzene rings is 1. The van der Waals surface area contributed by atoms with Crippen molar-refractivity contribution >= 4 is 21.8 Å². The molecule has 0 saturated heterocycles. The van der Waals surface area contributed by atoms with Crippen LogP contribution in [0.15, 0.2) is 28.7 Å². The Labute approximate surface area is 111 Å². The summed E-state index contributed by atoms with van der Waals surface area (Å²) in [6.07, 6.45) is 0. The van der Waals surface area contributed by atoms with Gasteiger partial charge in [0.25, 0.3) is 0 Å². The molecule has 0 fully saturated rings. The quantitative estimate of drug-likeness (QED) is 0.898. The zero-order chi connectivity index (χ0) is 13.0. The molecular formula is C13H19BrN2O.